The molecule has 206 valence electrons. The second kappa shape index (κ2) is 10.9. The zero-order chi connectivity index (χ0) is 29.3. The number of para-hydroxylation sites is 1. The van der Waals surface area contributed by atoms with Crippen LogP contribution in [0.1, 0.15) is 27.0 Å². The van der Waals surface area contributed by atoms with Crippen molar-refractivity contribution in [3.63, 3.8) is 0 Å². The number of nitrogens with zero attached hydrogens (tertiary/aromatic N) is 2. The van der Waals surface area contributed by atoms with Gasteiger partial charge in [0.15, 0.2) is 5.71 Å². The number of aromatic carboxylic acids is 1. The number of benzene rings is 4. The van der Waals surface area contributed by atoms with Gasteiger partial charge in [-0.15, -0.1) is 0 Å². The van der Waals surface area contributed by atoms with Crippen LogP contribution in [-0.2, 0) is 9.53 Å². The molecule has 0 atom stereocenters. The highest BCUT2D eigenvalue weighted by Gasteiger charge is 2.36. The van der Waals surface area contributed by atoms with Crippen LogP contribution in [0.4, 0.5) is 21.9 Å². The van der Waals surface area contributed by atoms with Crippen LogP contribution in [0.5, 0.6) is 11.5 Å². The maximum atomic E-state index is 13.7. The summed E-state index contributed by atoms with van der Waals surface area (Å²) in [6.07, 6.45) is -0.896. The smallest absolute Gasteiger partial charge is 0.505 e. The lowest BCUT2D eigenvalue weighted by atomic mass is 10.0. The monoisotopic (exact) mass is 551 g/mol. The molecule has 1 heterocycles. The molecule has 10 nitrogen and oxygen atoms in total. The Balaban J connectivity index is 1.54. The number of phenols is 1. The van der Waals surface area contributed by atoms with E-state index in [4.69, 9.17) is 4.74 Å². The minimum atomic E-state index is -1.08. The normalized spacial score (nSPS) is 13.2. The van der Waals surface area contributed by atoms with Crippen LogP contribution < -0.4 is 15.1 Å². The van der Waals surface area contributed by atoms with Crippen molar-refractivity contribution in [2.45, 2.75) is 13.8 Å². The number of carbonyl (C=O) groups excluding carboxylic acids is 2. The Morgan fingerprint density at radius 2 is 1.68 bits per heavy atom. The molecule has 0 spiro atoms. The number of aryl methyl sites for hydroxylation is 2. The van der Waals surface area contributed by atoms with E-state index in [1.165, 1.54) is 30.2 Å². The number of hydrogen-bond acceptors (Lipinski definition) is 8. The van der Waals surface area contributed by atoms with E-state index in [2.05, 4.69) is 15.3 Å². The van der Waals surface area contributed by atoms with Crippen molar-refractivity contribution in [1.82, 2.24) is 0 Å². The van der Waals surface area contributed by atoms with Crippen molar-refractivity contribution >= 4 is 40.8 Å². The minimum absolute atomic E-state index is 0.0699. The fourth-order valence-electron chi connectivity index (χ4n) is 4.46. The van der Waals surface area contributed by atoms with Gasteiger partial charge in [0, 0.05) is 22.9 Å². The molecule has 1 amide bonds. The molecule has 0 aromatic heterocycles. The summed E-state index contributed by atoms with van der Waals surface area (Å²) in [6, 6.07) is 21.4. The number of amides is 1. The number of fused-ring (bicyclic) bond motifs is 1. The van der Waals surface area contributed by atoms with Gasteiger partial charge in [0.05, 0.1) is 24.0 Å². The summed E-state index contributed by atoms with van der Waals surface area (Å²) in [5.41, 5.74) is 7.60. The summed E-state index contributed by atoms with van der Waals surface area (Å²) in [7, 11) is 1.20. The Morgan fingerprint density at radius 1 is 0.902 bits per heavy atom. The molecule has 4 aromatic rings. The summed E-state index contributed by atoms with van der Waals surface area (Å²) in [5.74, 6) is -1.51. The van der Waals surface area contributed by atoms with Crippen molar-refractivity contribution < 1.29 is 34.1 Å². The molecule has 0 bridgehead atoms. The maximum Gasteiger partial charge on any atom is 0.513 e. The zero-order valence-corrected chi connectivity index (χ0v) is 22.3. The Bertz CT molecular complexity index is 1750. The van der Waals surface area contributed by atoms with Crippen molar-refractivity contribution in [1.29, 1.82) is 0 Å². The Labute approximate surface area is 235 Å². The van der Waals surface area contributed by atoms with Gasteiger partial charge in [-0.1, -0.05) is 30.3 Å². The van der Waals surface area contributed by atoms with Gasteiger partial charge in [-0.25, -0.2) is 9.59 Å². The third-order valence-corrected chi connectivity index (χ3v) is 6.73. The molecular weight excluding hydrogens is 526 g/mol. The van der Waals surface area contributed by atoms with Crippen LogP contribution in [0.3, 0.4) is 0 Å². The average molecular weight is 552 g/mol. The molecule has 3 N–H and O–H groups in total. The van der Waals surface area contributed by atoms with E-state index >= 15 is 0 Å². The van der Waals surface area contributed by atoms with E-state index in [0.717, 1.165) is 11.1 Å². The summed E-state index contributed by atoms with van der Waals surface area (Å²) >= 11 is 0. The van der Waals surface area contributed by atoms with Gasteiger partial charge in [0.1, 0.15) is 11.5 Å². The number of rotatable bonds is 6. The van der Waals surface area contributed by atoms with Gasteiger partial charge < -0.3 is 19.7 Å². The fourth-order valence-corrected chi connectivity index (χ4v) is 4.46. The molecule has 4 aromatic carbocycles. The molecule has 0 fully saturated rings. The van der Waals surface area contributed by atoms with E-state index in [-0.39, 0.29) is 28.5 Å². The summed E-state index contributed by atoms with van der Waals surface area (Å²) in [4.78, 5) is 38.3. The second-order valence-corrected chi connectivity index (χ2v) is 9.30. The molecule has 1 aliphatic rings. The first kappa shape index (κ1) is 26.9. The van der Waals surface area contributed by atoms with Crippen LogP contribution in [0, 0.1) is 13.8 Å². The van der Waals surface area contributed by atoms with Gasteiger partial charge in [0.25, 0.3) is 5.91 Å². The summed E-state index contributed by atoms with van der Waals surface area (Å²) in [6.45, 7) is 3.91. The molecule has 10 heteroatoms. The number of anilines is 3. The molecule has 0 saturated heterocycles. The Kier molecular flexibility index (Phi) is 7.13. The number of hydrogen-bond donors (Lipinski definition) is 3. The molecule has 41 heavy (non-hydrogen) atoms. The number of aromatic hydroxyl groups is 1. The largest absolute Gasteiger partial charge is 0.513 e. The summed E-state index contributed by atoms with van der Waals surface area (Å²) < 4.78 is 9.77. The lowest BCUT2D eigenvalue weighted by Gasteiger charge is -2.18. The highest BCUT2D eigenvalue weighted by Crippen LogP contribution is 2.40. The summed E-state index contributed by atoms with van der Waals surface area (Å²) in [5, 5.41) is 24.7. The van der Waals surface area contributed by atoms with Crippen LogP contribution in [-0.4, -0.2) is 41.1 Å². The van der Waals surface area contributed by atoms with E-state index in [0.29, 0.717) is 28.1 Å². The van der Waals surface area contributed by atoms with E-state index in [1.807, 2.05) is 32.0 Å². The third kappa shape index (κ3) is 5.18. The first-order valence-electron chi connectivity index (χ1n) is 12.5. The third-order valence-electron chi connectivity index (χ3n) is 6.73. The second-order valence-electron chi connectivity index (χ2n) is 9.30. The molecule has 0 saturated carbocycles. The number of ether oxygens (including phenoxy) is 2. The van der Waals surface area contributed by atoms with Gasteiger partial charge in [-0.2, -0.15) is 5.10 Å². The quantitative estimate of drug-likeness (QED) is 0.115. The standard InChI is InChI=1S/C31H25N3O7/c1-17-10-11-21(14-18(17)2)34-26-16-22(41-31(39)40-3)12-13-24(26)27(29(34)36)33-32-25-9-5-8-23(28(25)35)19-6-4-7-20(15-19)30(37)38/h4-16,32,35H,1-3H3,(H,37,38). The molecule has 0 unspecified atom stereocenters. The van der Waals surface area contributed by atoms with Gasteiger partial charge in [0.2, 0.25) is 0 Å². The van der Waals surface area contributed by atoms with E-state index < -0.39 is 18.0 Å². The van der Waals surface area contributed by atoms with Crippen molar-refractivity contribution in [3.05, 3.63) is 101 Å². The first-order chi connectivity index (χ1) is 19.7. The highest BCUT2D eigenvalue weighted by atomic mass is 16.7. The lowest BCUT2D eigenvalue weighted by molar-refractivity contribution is -0.111. The number of phenolic OH excluding ortho intramolecular Hbond substituents is 1. The van der Waals surface area contributed by atoms with Crippen molar-refractivity contribution in [3.8, 4) is 22.6 Å². The van der Waals surface area contributed by atoms with E-state index in [9.17, 15) is 24.6 Å². The minimum Gasteiger partial charge on any atom is -0.505 e. The zero-order valence-electron chi connectivity index (χ0n) is 22.3. The molecule has 0 radical (unpaired) electrons. The fraction of sp³-hybridized carbons (Fsp3) is 0.0968. The highest BCUT2D eigenvalue weighted by molar-refractivity contribution is 6.55. The van der Waals surface area contributed by atoms with Crippen molar-refractivity contribution in [2.24, 2.45) is 5.10 Å². The number of methoxy groups -OCH3 is 1. The number of nitrogens with one attached hydrogen (secondary N) is 1. The lowest BCUT2D eigenvalue weighted by Crippen LogP contribution is -2.26. The number of hydrazone groups is 1. The van der Waals surface area contributed by atoms with E-state index in [1.54, 1.807) is 42.5 Å². The van der Waals surface area contributed by atoms with Crippen LogP contribution in [0.25, 0.3) is 11.1 Å². The van der Waals surface area contributed by atoms with Gasteiger partial charge in [-0.05, 0) is 73.0 Å². The van der Waals surface area contributed by atoms with Gasteiger partial charge in [-0.3, -0.25) is 15.1 Å². The van der Waals surface area contributed by atoms with Crippen LogP contribution in [0.15, 0.2) is 84.0 Å². The van der Waals surface area contributed by atoms with Crippen LogP contribution >= 0.6 is 0 Å². The molecular formula is C31H25N3O7. The first-order valence-corrected chi connectivity index (χ1v) is 12.5. The number of carboxylic acid groups (broad SMARTS) is 1. The predicted octanol–water partition coefficient (Wildman–Crippen LogP) is 6.01. The molecule has 0 aliphatic carbocycles. The molecule has 5 rings (SSSR count). The SMILES string of the molecule is COC(=O)Oc1ccc2c(c1)N(c1ccc(C)c(C)c1)C(=O)C2=NNc1cccc(-c2cccc(C(=O)O)c2)c1O. The topological polar surface area (TPSA) is 138 Å². The van der Waals surface area contributed by atoms with Gasteiger partial charge >= 0.3 is 12.1 Å². The number of carbonyl (C=O) groups is 3. The predicted molar refractivity (Wildman–Crippen MR) is 153 cm³/mol. The Morgan fingerprint density at radius 3 is 2.41 bits per heavy atom. The molecule has 1 aliphatic heterocycles. The Hall–Kier alpha value is -5.64. The number of carboxylic acids is 1. The van der Waals surface area contributed by atoms with Crippen LogP contribution in [0.2, 0.25) is 0 Å². The average Bonchev–Trinajstić information content (AvgIpc) is 3.24. The maximum absolute atomic E-state index is 13.7. The van der Waals surface area contributed by atoms with Crippen molar-refractivity contribution in [2.75, 3.05) is 17.4 Å².